The molecule has 1 aromatic carbocycles. The van der Waals surface area contributed by atoms with Crippen molar-refractivity contribution in [1.82, 2.24) is 0 Å². The number of hydrogen-bond acceptors (Lipinski definition) is 3. The summed E-state index contributed by atoms with van der Waals surface area (Å²) in [5.41, 5.74) is 2.32. The summed E-state index contributed by atoms with van der Waals surface area (Å²) in [6, 6.07) is 10.3. The second-order valence-corrected chi connectivity index (χ2v) is 5.49. The molecule has 0 fully saturated rings. The van der Waals surface area contributed by atoms with Crippen LogP contribution in [0.25, 0.3) is 0 Å². The Bertz CT molecular complexity index is 484. The van der Waals surface area contributed by atoms with Crippen LogP contribution in [0.5, 0.6) is 0 Å². The Morgan fingerprint density at radius 2 is 2.12 bits per heavy atom. The van der Waals surface area contributed by atoms with Gasteiger partial charge in [-0.3, -0.25) is 0 Å². The third-order valence-electron chi connectivity index (χ3n) is 2.45. The predicted octanol–water partition coefficient (Wildman–Crippen LogP) is 4.27. The van der Waals surface area contributed by atoms with Crippen LogP contribution in [0.4, 0.5) is 5.69 Å². The molecule has 1 aromatic heterocycles. The maximum Gasteiger partial charge on any atom is 0.0733 e. The molecule has 2 aromatic rings. The van der Waals surface area contributed by atoms with Crippen LogP contribution in [0.15, 0.2) is 40.2 Å². The van der Waals surface area contributed by atoms with Crippen molar-refractivity contribution < 1.29 is 4.74 Å². The minimum absolute atomic E-state index is 0.634. The highest BCUT2D eigenvalue weighted by Gasteiger charge is 2.03. The Morgan fingerprint density at radius 1 is 1.29 bits per heavy atom. The van der Waals surface area contributed by atoms with Gasteiger partial charge < -0.3 is 10.1 Å². The Morgan fingerprint density at radius 3 is 2.82 bits per heavy atom. The van der Waals surface area contributed by atoms with E-state index in [0.29, 0.717) is 6.61 Å². The molecule has 0 saturated carbocycles. The van der Waals surface area contributed by atoms with Gasteiger partial charge in [0.2, 0.25) is 0 Å². The molecule has 0 aliphatic carbocycles. The van der Waals surface area contributed by atoms with Crippen LogP contribution >= 0.6 is 27.3 Å². The summed E-state index contributed by atoms with van der Waals surface area (Å²) < 4.78 is 6.35. The number of anilines is 1. The van der Waals surface area contributed by atoms with E-state index >= 15 is 0 Å². The van der Waals surface area contributed by atoms with Gasteiger partial charge in [-0.25, -0.2) is 0 Å². The van der Waals surface area contributed by atoms with Gasteiger partial charge in [-0.05, 0) is 33.4 Å². The fraction of sp³-hybridized carbons (Fsp3) is 0.231. The number of hydrogen-bond donors (Lipinski definition) is 1. The van der Waals surface area contributed by atoms with E-state index in [0.717, 1.165) is 12.2 Å². The van der Waals surface area contributed by atoms with Gasteiger partial charge in [0.1, 0.15) is 0 Å². The van der Waals surface area contributed by atoms with Crippen molar-refractivity contribution in [1.29, 1.82) is 0 Å². The van der Waals surface area contributed by atoms with E-state index in [-0.39, 0.29) is 0 Å². The minimum Gasteiger partial charge on any atom is -0.380 e. The van der Waals surface area contributed by atoms with Crippen LogP contribution in [0.3, 0.4) is 0 Å². The SMILES string of the molecule is COCc1ccccc1NCc1sccc1Br. The Hall–Kier alpha value is -0.840. The third-order valence-corrected chi connectivity index (χ3v) is 4.37. The molecule has 0 aliphatic heterocycles. The molecule has 1 heterocycles. The van der Waals surface area contributed by atoms with Gasteiger partial charge in [0.15, 0.2) is 0 Å². The van der Waals surface area contributed by atoms with Crippen LogP contribution in [0, 0.1) is 0 Å². The first kappa shape index (κ1) is 12.6. The van der Waals surface area contributed by atoms with Crippen molar-refractivity contribution in [2.45, 2.75) is 13.2 Å². The minimum atomic E-state index is 0.634. The topological polar surface area (TPSA) is 21.3 Å². The number of rotatable bonds is 5. The van der Waals surface area contributed by atoms with Gasteiger partial charge >= 0.3 is 0 Å². The van der Waals surface area contributed by atoms with Gasteiger partial charge in [0, 0.05) is 27.7 Å². The number of halogens is 1. The average molecular weight is 312 g/mol. The summed E-state index contributed by atoms with van der Waals surface area (Å²) in [4.78, 5) is 1.30. The molecular formula is C13H14BrNOS. The van der Waals surface area contributed by atoms with Crippen LogP contribution in [-0.2, 0) is 17.9 Å². The molecule has 17 heavy (non-hydrogen) atoms. The molecule has 0 aliphatic rings. The quantitative estimate of drug-likeness (QED) is 0.890. The molecule has 1 N–H and O–H groups in total. The Balaban J connectivity index is 2.06. The first-order valence-corrected chi connectivity index (χ1v) is 7.01. The van der Waals surface area contributed by atoms with Gasteiger partial charge in [-0.1, -0.05) is 18.2 Å². The molecule has 0 bridgehead atoms. The standard InChI is InChI=1S/C13H14BrNOS/c1-16-9-10-4-2-3-5-12(10)15-8-13-11(14)6-7-17-13/h2-7,15H,8-9H2,1H3. The monoisotopic (exact) mass is 311 g/mol. The van der Waals surface area contributed by atoms with E-state index in [2.05, 4.69) is 44.8 Å². The van der Waals surface area contributed by atoms with Crippen molar-refractivity contribution >= 4 is 33.0 Å². The zero-order valence-electron chi connectivity index (χ0n) is 9.57. The highest BCUT2D eigenvalue weighted by molar-refractivity contribution is 9.10. The lowest BCUT2D eigenvalue weighted by atomic mass is 10.2. The fourth-order valence-electron chi connectivity index (χ4n) is 1.60. The Labute approximate surface area is 114 Å². The van der Waals surface area contributed by atoms with E-state index in [1.807, 2.05) is 12.1 Å². The molecule has 2 nitrogen and oxygen atoms in total. The van der Waals surface area contributed by atoms with Gasteiger partial charge in [0.05, 0.1) is 13.2 Å². The lowest BCUT2D eigenvalue weighted by Gasteiger charge is -2.10. The first-order valence-electron chi connectivity index (χ1n) is 5.34. The molecule has 2 rings (SSSR count). The second-order valence-electron chi connectivity index (χ2n) is 3.64. The van der Waals surface area contributed by atoms with Crippen molar-refractivity contribution in [3.8, 4) is 0 Å². The van der Waals surface area contributed by atoms with Crippen molar-refractivity contribution in [3.05, 3.63) is 50.6 Å². The summed E-state index contributed by atoms with van der Waals surface area (Å²) >= 11 is 5.28. The molecule has 0 radical (unpaired) electrons. The lowest BCUT2D eigenvalue weighted by molar-refractivity contribution is 0.185. The summed E-state index contributed by atoms with van der Waals surface area (Å²) in [6.45, 7) is 1.47. The Kier molecular flexibility index (Phi) is 4.59. The zero-order valence-corrected chi connectivity index (χ0v) is 12.0. The van der Waals surface area contributed by atoms with Gasteiger partial charge in [-0.15, -0.1) is 11.3 Å². The van der Waals surface area contributed by atoms with E-state index in [1.165, 1.54) is 14.9 Å². The molecule has 0 amide bonds. The van der Waals surface area contributed by atoms with Crippen LogP contribution in [0.1, 0.15) is 10.4 Å². The number of para-hydroxylation sites is 1. The van der Waals surface area contributed by atoms with Crippen LogP contribution < -0.4 is 5.32 Å². The maximum atomic E-state index is 5.18. The summed E-state index contributed by atoms with van der Waals surface area (Å²) in [5, 5.41) is 5.53. The van der Waals surface area contributed by atoms with Crippen LogP contribution in [-0.4, -0.2) is 7.11 Å². The highest BCUT2D eigenvalue weighted by atomic mass is 79.9. The third kappa shape index (κ3) is 3.31. The summed E-state index contributed by atoms with van der Waals surface area (Å²) in [7, 11) is 1.71. The number of methoxy groups -OCH3 is 1. The van der Waals surface area contributed by atoms with E-state index < -0.39 is 0 Å². The molecule has 0 atom stereocenters. The molecular weight excluding hydrogens is 298 g/mol. The highest BCUT2D eigenvalue weighted by Crippen LogP contribution is 2.24. The zero-order chi connectivity index (χ0) is 12.1. The smallest absolute Gasteiger partial charge is 0.0733 e. The number of benzene rings is 1. The summed E-state index contributed by atoms with van der Waals surface area (Å²) in [5.74, 6) is 0. The number of ether oxygens (including phenoxy) is 1. The van der Waals surface area contributed by atoms with Gasteiger partial charge in [0.25, 0.3) is 0 Å². The van der Waals surface area contributed by atoms with E-state index in [1.54, 1.807) is 18.4 Å². The molecule has 0 spiro atoms. The lowest BCUT2D eigenvalue weighted by Crippen LogP contribution is -2.02. The molecule has 4 heteroatoms. The number of thiophene rings is 1. The molecule has 0 saturated heterocycles. The van der Waals surface area contributed by atoms with E-state index in [9.17, 15) is 0 Å². The predicted molar refractivity (Wildman–Crippen MR) is 76.5 cm³/mol. The van der Waals surface area contributed by atoms with Gasteiger partial charge in [-0.2, -0.15) is 0 Å². The second kappa shape index (κ2) is 6.19. The van der Waals surface area contributed by atoms with Crippen LogP contribution in [0.2, 0.25) is 0 Å². The molecule has 90 valence electrons. The normalized spacial score (nSPS) is 10.5. The molecule has 0 unspecified atom stereocenters. The first-order chi connectivity index (χ1) is 8.31. The number of nitrogens with one attached hydrogen (secondary N) is 1. The average Bonchev–Trinajstić information content (AvgIpc) is 2.74. The van der Waals surface area contributed by atoms with Crippen molar-refractivity contribution in [2.75, 3.05) is 12.4 Å². The summed E-state index contributed by atoms with van der Waals surface area (Å²) in [6.07, 6.45) is 0. The fourth-order valence-corrected chi connectivity index (χ4v) is 3.03. The van der Waals surface area contributed by atoms with E-state index in [4.69, 9.17) is 4.74 Å². The van der Waals surface area contributed by atoms with Crippen molar-refractivity contribution in [3.63, 3.8) is 0 Å². The largest absolute Gasteiger partial charge is 0.380 e. The maximum absolute atomic E-state index is 5.18. The van der Waals surface area contributed by atoms with Crippen molar-refractivity contribution in [2.24, 2.45) is 0 Å².